The molecule has 0 atom stereocenters. The Hall–Kier alpha value is -2.61. The molecule has 0 fully saturated rings. The van der Waals surface area contributed by atoms with Gasteiger partial charge in [0.15, 0.2) is 6.61 Å². The average Bonchev–Trinajstić information content (AvgIpc) is 2.46. The van der Waals surface area contributed by atoms with Gasteiger partial charge < -0.3 is 21.5 Å². The van der Waals surface area contributed by atoms with Crippen molar-refractivity contribution in [1.82, 2.24) is 10.7 Å². The van der Waals surface area contributed by atoms with Crippen LogP contribution in [0.3, 0.4) is 0 Å². The third kappa shape index (κ3) is 7.53. The molecule has 0 spiro atoms. The van der Waals surface area contributed by atoms with Crippen molar-refractivity contribution in [2.24, 2.45) is 16.6 Å². The molecule has 0 saturated carbocycles. The van der Waals surface area contributed by atoms with Crippen LogP contribution in [0.15, 0.2) is 29.4 Å². The van der Waals surface area contributed by atoms with Crippen LogP contribution < -0.4 is 26.9 Å². The van der Waals surface area contributed by atoms with Crippen LogP contribution in [0.1, 0.15) is 5.56 Å². The standard InChI is InChI=1S/C13H19N5O3/c14-6-8-17-18-13(20)16-7-5-10-1-3-11(4-2-10)21-9-12(15)19/h1-4,8H,5-7,9,14H2,(H2,15,19)(H2,16,18,20)/b17-8+. The summed E-state index contributed by atoms with van der Waals surface area (Å²) in [7, 11) is 0. The zero-order valence-electron chi connectivity index (χ0n) is 11.5. The first-order chi connectivity index (χ1) is 10.1. The van der Waals surface area contributed by atoms with Crippen LogP contribution in [-0.2, 0) is 11.2 Å². The molecule has 8 nitrogen and oxygen atoms in total. The summed E-state index contributed by atoms with van der Waals surface area (Å²) >= 11 is 0. The zero-order chi connectivity index (χ0) is 15.5. The van der Waals surface area contributed by atoms with Gasteiger partial charge in [-0.2, -0.15) is 5.10 Å². The summed E-state index contributed by atoms with van der Waals surface area (Å²) in [5, 5.41) is 6.24. The van der Waals surface area contributed by atoms with Gasteiger partial charge in [0.2, 0.25) is 0 Å². The minimum absolute atomic E-state index is 0.148. The molecule has 1 aromatic rings. The lowest BCUT2D eigenvalue weighted by molar-refractivity contribution is -0.119. The number of carbonyl (C=O) groups is 2. The molecule has 3 amide bonds. The molecule has 1 aromatic carbocycles. The molecular weight excluding hydrogens is 274 g/mol. The maximum Gasteiger partial charge on any atom is 0.335 e. The molecule has 0 aliphatic carbocycles. The lowest BCUT2D eigenvalue weighted by Crippen LogP contribution is -2.33. The minimum Gasteiger partial charge on any atom is -0.484 e. The van der Waals surface area contributed by atoms with Gasteiger partial charge in [-0.1, -0.05) is 12.1 Å². The number of ether oxygens (including phenoxy) is 1. The quantitative estimate of drug-likeness (QED) is 0.374. The van der Waals surface area contributed by atoms with Crippen molar-refractivity contribution in [3.8, 4) is 5.75 Å². The van der Waals surface area contributed by atoms with E-state index in [1.54, 1.807) is 12.1 Å². The van der Waals surface area contributed by atoms with Crippen molar-refractivity contribution in [1.29, 1.82) is 0 Å². The summed E-state index contributed by atoms with van der Waals surface area (Å²) in [5.41, 5.74) is 13.5. The van der Waals surface area contributed by atoms with E-state index in [4.69, 9.17) is 16.2 Å². The van der Waals surface area contributed by atoms with E-state index in [1.165, 1.54) is 6.21 Å². The van der Waals surface area contributed by atoms with E-state index < -0.39 is 5.91 Å². The Morgan fingerprint density at radius 3 is 2.62 bits per heavy atom. The van der Waals surface area contributed by atoms with Crippen LogP contribution in [0.5, 0.6) is 5.75 Å². The van der Waals surface area contributed by atoms with Crippen molar-refractivity contribution in [2.75, 3.05) is 19.7 Å². The second-order valence-corrected chi connectivity index (χ2v) is 4.06. The summed E-state index contributed by atoms with van der Waals surface area (Å²) in [5.74, 6) is 0.0472. The fourth-order valence-corrected chi connectivity index (χ4v) is 1.42. The van der Waals surface area contributed by atoms with E-state index in [0.717, 1.165) is 5.56 Å². The van der Waals surface area contributed by atoms with Gasteiger partial charge in [0.25, 0.3) is 5.91 Å². The molecule has 0 aliphatic heterocycles. The Labute approximate surface area is 122 Å². The highest BCUT2D eigenvalue weighted by Gasteiger charge is 2.00. The molecule has 0 saturated heterocycles. The fourth-order valence-electron chi connectivity index (χ4n) is 1.42. The van der Waals surface area contributed by atoms with E-state index in [9.17, 15) is 9.59 Å². The highest BCUT2D eigenvalue weighted by Crippen LogP contribution is 2.12. The summed E-state index contributed by atoms with van der Waals surface area (Å²) < 4.78 is 5.14. The highest BCUT2D eigenvalue weighted by atomic mass is 16.5. The van der Waals surface area contributed by atoms with E-state index in [1.807, 2.05) is 12.1 Å². The Bertz CT molecular complexity index is 487. The first-order valence-corrected chi connectivity index (χ1v) is 6.37. The first kappa shape index (κ1) is 16.4. The van der Waals surface area contributed by atoms with E-state index in [2.05, 4.69) is 15.8 Å². The van der Waals surface area contributed by atoms with Crippen LogP contribution in [0.2, 0.25) is 0 Å². The third-order valence-electron chi connectivity index (χ3n) is 2.37. The number of amides is 3. The lowest BCUT2D eigenvalue weighted by Gasteiger charge is -2.06. The summed E-state index contributed by atoms with van der Waals surface area (Å²) in [6.07, 6.45) is 2.05. The van der Waals surface area contributed by atoms with Crippen molar-refractivity contribution in [2.45, 2.75) is 6.42 Å². The molecule has 21 heavy (non-hydrogen) atoms. The van der Waals surface area contributed by atoms with Crippen LogP contribution >= 0.6 is 0 Å². The van der Waals surface area contributed by atoms with Gasteiger partial charge in [-0.25, -0.2) is 10.2 Å². The molecule has 0 radical (unpaired) electrons. The molecule has 0 bridgehead atoms. The van der Waals surface area contributed by atoms with E-state index >= 15 is 0 Å². The number of nitrogens with two attached hydrogens (primary N) is 2. The number of urea groups is 1. The molecule has 0 aliphatic rings. The van der Waals surface area contributed by atoms with Crippen LogP contribution in [-0.4, -0.2) is 37.8 Å². The second-order valence-electron chi connectivity index (χ2n) is 4.06. The van der Waals surface area contributed by atoms with Gasteiger partial charge in [0, 0.05) is 19.3 Å². The number of hydrogen-bond donors (Lipinski definition) is 4. The normalized spacial score (nSPS) is 10.3. The molecule has 6 N–H and O–H groups in total. The Morgan fingerprint density at radius 2 is 2.00 bits per heavy atom. The minimum atomic E-state index is -0.522. The topological polar surface area (TPSA) is 132 Å². The number of benzene rings is 1. The monoisotopic (exact) mass is 293 g/mol. The maximum absolute atomic E-state index is 11.3. The summed E-state index contributed by atoms with van der Waals surface area (Å²) in [4.78, 5) is 21.8. The largest absolute Gasteiger partial charge is 0.484 e. The van der Waals surface area contributed by atoms with Gasteiger partial charge in [-0.15, -0.1) is 0 Å². The number of primary amides is 1. The summed E-state index contributed by atoms with van der Waals surface area (Å²) in [6, 6.07) is 6.79. The Balaban J connectivity index is 2.27. The molecule has 114 valence electrons. The average molecular weight is 293 g/mol. The first-order valence-electron chi connectivity index (χ1n) is 6.37. The van der Waals surface area contributed by atoms with Crippen LogP contribution in [0, 0.1) is 0 Å². The van der Waals surface area contributed by atoms with Gasteiger partial charge in [0.1, 0.15) is 5.75 Å². The van der Waals surface area contributed by atoms with Gasteiger partial charge >= 0.3 is 6.03 Å². The summed E-state index contributed by atoms with van der Waals surface area (Å²) in [6.45, 7) is 0.584. The number of carbonyl (C=O) groups excluding carboxylic acids is 2. The lowest BCUT2D eigenvalue weighted by atomic mass is 10.1. The molecule has 0 heterocycles. The number of hydrogen-bond acceptors (Lipinski definition) is 5. The Kier molecular flexibility index (Phi) is 7.30. The maximum atomic E-state index is 11.3. The zero-order valence-corrected chi connectivity index (χ0v) is 11.5. The van der Waals surface area contributed by atoms with Crippen LogP contribution in [0.4, 0.5) is 4.79 Å². The highest BCUT2D eigenvalue weighted by molar-refractivity contribution is 5.75. The number of rotatable bonds is 8. The molecule has 0 aromatic heterocycles. The van der Waals surface area contributed by atoms with Crippen molar-refractivity contribution in [3.05, 3.63) is 29.8 Å². The molecule has 0 unspecified atom stereocenters. The molecule has 8 heteroatoms. The second kappa shape index (κ2) is 9.32. The number of hydrazone groups is 1. The predicted octanol–water partition coefficient (Wildman–Crippen LogP) is -0.663. The van der Waals surface area contributed by atoms with Gasteiger partial charge in [-0.05, 0) is 24.1 Å². The number of nitrogens with one attached hydrogen (secondary N) is 2. The number of nitrogens with zero attached hydrogens (tertiary/aromatic N) is 1. The van der Waals surface area contributed by atoms with Crippen molar-refractivity contribution < 1.29 is 14.3 Å². The smallest absolute Gasteiger partial charge is 0.335 e. The molecular formula is C13H19N5O3. The van der Waals surface area contributed by atoms with Gasteiger partial charge in [-0.3, -0.25) is 4.79 Å². The van der Waals surface area contributed by atoms with Crippen molar-refractivity contribution >= 4 is 18.2 Å². The van der Waals surface area contributed by atoms with E-state index in [0.29, 0.717) is 18.7 Å². The van der Waals surface area contributed by atoms with Crippen molar-refractivity contribution in [3.63, 3.8) is 0 Å². The van der Waals surface area contributed by atoms with Gasteiger partial charge in [0.05, 0.1) is 0 Å². The van der Waals surface area contributed by atoms with Crippen LogP contribution in [0.25, 0.3) is 0 Å². The fraction of sp³-hybridized carbons (Fsp3) is 0.308. The van der Waals surface area contributed by atoms with E-state index in [-0.39, 0.29) is 19.2 Å². The predicted molar refractivity (Wildman–Crippen MR) is 78.9 cm³/mol. The third-order valence-corrected chi connectivity index (χ3v) is 2.37. The Morgan fingerprint density at radius 1 is 1.29 bits per heavy atom. The molecule has 1 rings (SSSR count). The SMILES string of the molecule is NC/C=N/NC(=O)NCCc1ccc(OCC(N)=O)cc1.